The van der Waals surface area contributed by atoms with Gasteiger partial charge in [-0.05, 0) is 12.1 Å². The van der Waals surface area contributed by atoms with Crippen LogP contribution in [0.2, 0.25) is 10.2 Å². The second-order valence-corrected chi connectivity index (χ2v) is 4.35. The Kier molecular flexibility index (Phi) is 7.74. The Morgan fingerprint density at radius 1 is 1.21 bits per heavy atom. The number of carbonyl (C=O) groups is 1. The average Bonchev–Trinajstić information content (AvgIpc) is 2.40. The standard InChI is InChI=1S/C12H15Cl2NO4/c1-17-7-8-18-5-2-6-19-12(16)11-9(13)3-4-10(14)15-11/h3-4H,2,5-8H2,1H3. The van der Waals surface area contributed by atoms with E-state index >= 15 is 0 Å². The minimum absolute atomic E-state index is 0.0227. The maximum Gasteiger partial charge on any atom is 0.358 e. The fourth-order valence-corrected chi connectivity index (χ4v) is 1.53. The van der Waals surface area contributed by atoms with Crippen molar-refractivity contribution in [3.05, 3.63) is 28.0 Å². The summed E-state index contributed by atoms with van der Waals surface area (Å²) in [5.41, 5.74) is 0.0227. The van der Waals surface area contributed by atoms with E-state index < -0.39 is 5.97 Å². The lowest BCUT2D eigenvalue weighted by molar-refractivity contribution is 0.0381. The molecule has 0 saturated carbocycles. The van der Waals surface area contributed by atoms with Crippen LogP contribution in [-0.2, 0) is 14.2 Å². The van der Waals surface area contributed by atoms with Crippen LogP contribution >= 0.6 is 23.2 Å². The van der Waals surface area contributed by atoms with Crippen molar-refractivity contribution in [2.75, 3.05) is 33.5 Å². The highest BCUT2D eigenvalue weighted by atomic mass is 35.5. The van der Waals surface area contributed by atoms with Gasteiger partial charge in [-0.25, -0.2) is 9.78 Å². The van der Waals surface area contributed by atoms with E-state index in [2.05, 4.69) is 4.98 Å². The van der Waals surface area contributed by atoms with Gasteiger partial charge in [0.05, 0.1) is 24.8 Å². The van der Waals surface area contributed by atoms with E-state index in [0.29, 0.717) is 26.2 Å². The molecule has 0 aliphatic rings. The molecule has 0 saturated heterocycles. The fourth-order valence-electron chi connectivity index (χ4n) is 1.20. The van der Waals surface area contributed by atoms with Gasteiger partial charge in [0, 0.05) is 20.1 Å². The van der Waals surface area contributed by atoms with Crippen LogP contribution in [0.3, 0.4) is 0 Å². The van der Waals surface area contributed by atoms with Gasteiger partial charge in [0.2, 0.25) is 0 Å². The van der Waals surface area contributed by atoms with Crippen LogP contribution in [0.4, 0.5) is 0 Å². The topological polar surface area (TPSA) is 57.7 Å². The molecule has 0 aromatic carbocycles. The molecule has 19 heavy (non-hydrogen) atoms. The minimum atomic E-state index is -0.593. The van der Waals surface area contributed by atoms with Crippen LogP contribution in [0.15, 0.2) is 12.1 Å². The summed E-state index contributed by atoms with van der Waals surface area (Å²) in [5, 5.41) is 0.407. The van der Waals surface area contributed by atoms with Gasteiger partial charge >= 0.3 is 5.97 Å². The number of esters is 1. The number of aromatic nitrogens is 1. The summed E-state index contributed by atoms with van der Waals surface area (Å²) in [7, 11) is 1.60. The first-order valence-corrected chi connectivity index (χ1v) is 6.46. The van der Waals surface area contributed by atoms with Crippen LogP contribution < -0.4 is 0 Å². The van der Waals surface area contributed by atoms with Gasteiger partial charge in [0.25, 0.3) is 0 Å². The van der Waals surface area contributed by atoms with Crippen molar-refractivity contribution in [2.45, 2.75) is 6.42 Å². The second kappa shape index (κ2) is 9.09. The molecule has 0 N–H and O–H groups in total. The second-order valence-electron chi connectivity index (χ2n) is 3.56. The Hall–Kier alpha value is -0.880. The quantitative estimate of drug-likeness (QED) is 0.420. The van der Waals surface area contributed by atoms with Crippen LogP contribution in [0, 0.1) is 0 Å². The highest BCUT2D eigenvalue weighted by Gasteiger charge is 2.14. The predicted octanol–water partition coefficient (Wildman–Crippen LogP) is 2.60. The van der Waals surface area contributed by atoms with Crippen molar-refractivity contribution in [1.82, 2.24) is 4.98 Å². The number of halogens is 2. The molecule has 0 spiro atoms. The molecular formula is C12H15Cl2NO4. The summed E-state index contributed by atoms with van der Waals surface area (Å²) < 4.78 is 15.1. The van der Waals surface area contributed by atoms with Gasteiger partial charge in [-0.15, -0.1) is 0 Å². The predicted molar refractivity (Wildman–Crippen MR) is 71.9 cm³/mol. The molecule has 0 radical (unpaired) electrons. The maximum absolute atomic E-state index is 11.7. The zero-order valence-electron chi connectivity index (χ0n) is 10.5. The molecular weight excluding hydrogens is 293 g/mol. The first kappa shape index (κ1) is 16.2. The lowest BCUT2D eigenvalue weighted by Crippen LogP contribution is -2.11. The van der Waals surface area contributed by atoms with E-state index in [0.717, 1.165) is 0 Å². The van der Waals surface area contributed by atoms with E-state index in [4.69, 9.17) is 37.4 Å². The van der Waals surface area contributed by atoms with Crippen LogP contribution in [0.5, 0.6) is 0 Å². The first-order chi connectivity index (χ1) is 9.15. The van der Waals surface area contributed by atoms with Crippen molar-refractivity contribution >= 4 is 29.2 Å². The number of rotatable bonds is 8. The lowest BCUT2D eigenvalue weighted by Gasteiger charge is -2.06. The van der Waals surface area contributed by atoms with Crippen LogP contribution in [0.1, 0.15) is 16.9 Å². The van der Waals surface area contributed by atoms with Gasteiger partial charge in [-0.1, -0.05) is 23.2 Å². The molecule has 1 rings (SSSR count). The molecule has 0 amide bonds. The Morgan fingerprint density at radius 3 is 2.74 bits per heavy atom. The SMILES string of the molecule is COCCOCCCOC(=O)c1nc(Cl)ccc1Cl. The van der Waals surface area contributed by atoms with Gasteiger partial charge in [-0.3, -0.25) is 0 Å². The largest absolute Gasteiger partial charge is 0.461 e. The number of carbonyl (C=O) groups excluding carboxylic acids is 1. The number of pyridine rings is 1. The maximum atomic E-state index is 11.7. The van der Waals surface area contributed by atoms with Gasteiger partial charge in [0.1, 0.15) is 5.15 Å². The molecule has 1 aromatic heterocycles. The van der Waals surface area contributed by atoms with Gasteiger partial charge < -0.3 is 14.2 Å². The summed E-state index contributed by atoms with van der Waals surface area (Å²) >= 11 is 11.5. The number of hydrogen-bond donors (Lipinski definition) is 0. The summed E-state index contributed by atoms with van der Waals surface area (Å²) in [6.07, 6.45) is 0.591. The third kappa shape index (κ3) is 6.20. The Balaban J connectivity index is 2.26. The van der Waals surface area contributed by atoms with E-state index in [1.807, 2.05) is 0 Å². The van der Waals surface area contributed by atoms with E-state index in [1.165, 1.54) is 12.1 Å². The molecule has 1 heterocycles. The number of methoxy groups -OCH3 is 1. The first-order valence-electron chi connectivity index (χ1n) is 5.71. The molecule has 0 aliphatic heterocycles. The molecule has 0 atom stereocenters. The molecule has 106 valence electrons. The van der Waals surface area contributed by atoms with Gasteiger partial charge in [-0.2, -0.15) is 0 Å². The molecule has 0 aliphatic carbocycles. The number of ether oxygens (including phenoxy) is 3. The summed E-state index contributed by atoms with van der Waals surface area (Å²) in [6, 6.07) is 3.01. The van der Waals surface area contributed by atoms with Crippen molar-refractivity contribution < 1.29 is 19.0 Å². The monoisotopic (exact) mass is 307 g/mol. The summed E-state index contributed by atoms with van der Waals surface area (Å²) in [5.74, 6) is -0.593. The summed E-state index contributed by atoms with van der Waals surface area (Å²) in [4.78, 5) is 15.5. The Labute approximate surface area is 121 Å². The Bertz CT molecular complexity index is 415. The third-order valence-electron chi connectivity index (χ3n) is 2.10. The molecule has 0 bridgehead atoms. The van der Waals surface area contributed by atoms with E-state index in [9.17, 15) is 4.79 Å². The normalized spacial score (nSPS) is 10.5. The van der Waals surface area contributed by atoms with E-state index in [1.54, 1.807) is 7.11 Å². The van der Waals surface area contributed by atoms with Crippen molar-refractivity contribution in [2.24, 2.45) is 0 Å². The highest BCUT2D eigenvalue weighted by molar-refractivity contribution is 6.34. The fraction of sp³-hybridized carbons (Fsp3) is 0.500. The zero-order valence-corrected chi connectivity index (χ0v) is 12.0. The van der Waals surface area contributed by atoms with Gasteiger partial charge in [0.15, 0.2) is 5.69 Å². The molecule has 1 aromatic rings. The zero-order chi connectivity index (χ0) is 14.1. The average molecular weight is 308 g/mol. The highest BCUT2D eigenvalue weighted by Crippen LogP contribution is 2.17. The number of hydrogen-bond acceptors (Lipinski definition) is 5. The molecule has 5 nitrogen and oxygen atoms in total. The molecule has 0 unspecified atom stereocenters. The van der Waals surface area contributed by atoms with Crippen LogP contribution in [0.25, 0.3) is 0 Å². The van der Waals surface area contributed by atoms with Crippen molar-refractivity contribution in [1.29, 1.82) is 0 Å². The number of nitrogens with zero attached hydrogens (tertiary/aromatic N) is 1. The lowest BCUT2D eigenvalue weighted by atomic mass is 10.3. The van der Waals surface area contributed by atoms with E-state index in [-0.39, 0.29) is 22.5 Å². The van der Waals surface area contributed by atoms with Crippen molar-refractivity contribution in [3.63, 3.8) is 0 Å². The van der Waals surface area contributed by atoms with Crippen LogP contribution in [-0.4, -0.2) is 44.5 Å². The smallest absolute Gasteiger partial charge is 0.358 e. The molecule has 7 heteroatoms. The summed E-state index contributed by atoms with van der Waals surface area (Å²) in [6.45, 7) is 1.79. The third-order valence-corrected chi connectivity index (χ3v) is 2.62. The van der Waals surface area contributed by atoms with Crippen molar-refractivity contribution in [3.8, 4) is 0 Å². The Morgan fingerprint density at radius 2 is 2.00 bits per heavy atom. The minimum Gasteiger partial charge on any atom is -0.461 e. The molecule has 0 fully saturated rings.